The normalized spacial score (nSPS) is 10.5. The quantitative estimate of drug-likeness (QED) is 0.305. The van der Waals surface area contributed by atoms with Crippen LogP contribution in [-0.4, -0.2) is 11.5 Å². The number of unbranched alkanes of at least 4 members (excludes halogenated alkanes) is 5. The van der Waals surface area contributed by atoms with Crippen LogP contribution >= 0.6 is 0 Å². The summed E-state index contributed by atoms with van der Waals surface area (Å²) in [4.78, 5) is 10.3. The van der Waals surface area contributed by atoms with E-state index >= 15 is 0 Å². The van der Waals surface area contributed by atoms with Gasteiger partial charge in [0, 0.05) is 12.1 Å². The molecule has 0 aliphatic carbocycles. The lowest BCUT2D eigenvalue weighted by atomic mass is 10.1. The van der Waals surface area contributed by atoms with Crippen molar-refractivity contribution in [3.63, 3.8) is 0 Å². The maximum atomic E-state index is 10.7. The van der Waals surface area contributed by atoms with E-state index in [0.717, 1.165) is 29.9 Å². The molecule has 0 saturated carbocycles. The van der Waals surface area contributed by atoms with Crippen molar-refractivity contribution in [1.82, 2.24) is 0 Å². The predicted molar refractivity (Wildman–Crippen MR) is 97.4 cm³/mol. The van der Waals surface area contributed by atoms with Gasteiger partial charge in [-0.05, 0) is 41.8 Å². The molecule has 0 N–H and O–H groups in total. The summed E-state index contributed by atoms with van der Waals surface area (Å²) in [5.74, 6) is 0.870. The van der Waals surface area contributed by atoms with Crippen molar-refractivity contribution in [2.24, 2.45) is 0 Å². The first kappa shape index (κ1) is 18.0. The minimum Gasteiger partial charge on any atom is -0.494 e. The lowest BCUT2D eigenvalue weighted by Gasteiger charge is -2.07. The van der Waals surface area contributed by atoms with Crippen LogP contribution in [0.25, 0.3) is 11.1 Å². The molecular formula is C20H25NO3. The molecule has 0 saturated heterocycles. The van der Waals surface area contributed by atoms with Crippen molar-refractivity contribution < 1.29 is 9.66 Å². The number of hydrogen-bond donors (Lipinski definition) is 0. The van der Waals surface area contributed by atoms with Crippen molar-refractivity contribution in [3.05, 3.63) is 58.6 Å². The van der Waals surface area contributed by atoms with E-state index in [2.05, 4.69) is 6.92 Å². The highest BCUT2D eigenvalue weighted by atomic mass is 16.6. The van der Waals surface area contributed by atoms with Gasteiger partial charge in [0.25, 0.3) is 5.69 Å². The van der Waals surface area contributed by atoms with Gasteiger partial charge in [0.05, 0.1) is 11.5 Å². The lowest BCUT2D eigenvalue weighted by Crippen LogP contribution is -1.97. The topological polar surface area (TPSA) is 52.4 Å². The molecule has 0 aromatic heterocycles. The summed E-state index contributed by atoms with van der Waals surface area (Å²) in [7, 11) is 0. The van der Waals surface area contributed by atoms with Gasteiger partial charge in [0.15, 0.2) is 0 Å². The van der Waals surface area contributed by atoms with Crippen LogP contribution in [0.4, 0.5) is 5.69 Å². The Balaban J connectivity index is 1.79. The first-order chi connectivity index (χ1) is 11.7. The molecule has 4 heteroatoms. The maximum absolute atomic E-state index is 10.7. The Kier molecular flexibility index (Phi) is 7.27. The van der Waals surface area contributed by atoms with Gasteiger partial charge in [-0.1, -0.05) is 51.2 Å². The summed E-state index contributed by atoms with van der Waals surface area (Å²) in [6.45, 7) is 2.98. The number of nitro benzene ring substituents is 1. The summed E-state index contributed by atoms with van der Waals surface area (Å²) < 4.78 is 5.76. The van der Waals surface area contributed by atoms with E-state index in [4.69, 9.17) is 4.74 Å². The zero-order valence-electron chi connectivity index (χ0n) is 14.2. The fraction of sp³-hybridized carbons (Fsp3) is 0.400. The van der Waals surface area contributed by atoms with Gasteiger partial charge in [-0.25, -0.2) is 0 Å². The molecule has 0 atom stereocenters. The summed E-state index contributed by atoms with van der Waals surface area (Å²) in [5, 5.41) is 10.7. The second kappa shape index (κ2) is 9.71. The number of benzene rings is 2. The van der Waals surface area contributed by atoms with Gasteiger partial charge in [-0.2, -0.15) is 0 Å². The van der Waals surface area contributed by atoms with E-state index in [1.54, 1.807) is 12.1 Å². The standard InChI is InChI=1S/C20H25NO3/c1-2-3-4-5-6-7-16-24-20-14-10-18(11-15-20)17-8-12-19(13-9-17)21(22)23/h8-15H,2-7,16H2,1H3. The highest BCUT2D eigenvalue weighted by Gasteiger charge is 2.05. The molecule has 2 aromatic carbocycles. The largest absolute Gasteiger partial charge is 0.494 e. The van der Waals surface area contributed by atoms with Crippen molar-refractivity contribution in [3.8, 4) is 16.9 Å². The molecule has 24 heavy (non-hydrogen) atoms. The summed E-state index contributed by atoms with van der Waals surface area (Å²) >= 11 is 0. The molecule has 2 aromatic rings. The fourth-order valence-corrected chi connectivity index (χ4v) is 2.59. The van der Waals surface area contributed by atoms with Crippen LogP contribution < -0.4 is 4.74 Å². The zero-order chi connectivity index (χ0) is 17.2. The Morgan fingerprint density at radius 2 is 1.38 bits per heavy atom. The number of non-ortho nitro benzene ring substituents is 1. The Morgan fingerprint density at radius 1 is 0.833 bits per heavy atom. The Hall–Kier alpha value is -2.36. The zero-order valence-corrected chi connectivity index (χ0v) is 14.2. The molecule has 0 amide bonds. The van der Waals surface area contributed by atoms with E-state index in [0.29, 0.717) is 0 Å². The van der Waals surface area contributed by atoms with Gasteiger partial charge in [-0.3, -0.25) is 10.1 Å². The van der Waals surface area contributed by atoms with Crippen LogP contribution in [-0.2, 0) is 0 Å². The third kappa shape index (κ3) is 5.69. The summed E-state index contributed by atoms with van der Waals surface area (Å²) in [5.41, 5.74) is 2.09. The van der Waals surface area contributed by atoms with E-state index in [-0.39, 0.29) is 10.6 Å². The van der Waals surface area contributed by atoms with Crippen LogP contribution in [0, 0.1) is 10.1 Å². The monoisotopic (exact) mass is 327 g/mol. The number of nitro groups is 1. The van der Waals surface area contributed by atoms with Crippen molar-refractivity contribution in [2.45, 2.75) is 45.4 Å². The number of rotatable bonds is 10. The minimum atomic E-state index is -0.386. The molecule has 0 heterocycles. The van der Waals surface area contributed by atoms with Gasteiger partial charge < -0.3 is 4.74 Å². The Bertz CT molecular complexity index is 620. The average Bonchev–Trinajstić information content (AvgIpc) is 2.61. The molecule has 0 fully saturated rings. The molecule has 0 spiro atoms. The fourth-order valence-electron chi connectivity index (χ4n) is 2.59. The predicted octanol–water partition coefficient (Wildman–Crippen LogP) is 6.00. The lowest BCUT2D eigenvalue weighted by molar-refractivity contribution is -0.384. The summed E-state index contributed by atoms with van der Waals surface area (Å²) in [6.07, 6.45) is 7.52. The van der Waals surface area contributed by atoms with Crippen LogP contribution in [0.2, 0.25) is 0 Å². The van der Waals surface area contributed by atoms with Gasteiger partial charge in [0.1, 0.15) is 5.75 Å². The smallest absolute Gasteiger partial charge is 0.269 e. The number of ether oxygens (including phenoxy) is 1. The highest BCUT2D eigenvalue weighted by Crippen LogP contribution is 2.24. The van der Waals surface area contributed by atoms with Gasteiger partial charge in [0.2, 0.25) is 0 Å². The third-order valence-corrected chi connectivity index (χ3v) is 4.03. The first-order valence-corrected chi connectivity index (χ1v) is 8.68. The molecule has 0 aliphatic rings. The second-order valence-electron chi connectivity index (χ2n) is 5.94. The third-order valence-electron chi connectivity index (χ3n) is 4.03. The van der Waals surface area contributed by atoms with Gasteiger partial charge >= 0.3 is 0 Å². The van der Waals surface area contributed by atoms with Crippen LogP contribution in [0.1, 0.15) is 45.4 Å². The Morgan fingerprint density at radius 3 is 1.96 bits per heavy atom. The number of nitrogens with zero attached hydrogens (tertiary/aromatic N) is 1. The van der Waals surface area contributed by atoms with Crippen LogP contribution in [0.5, 0.6) is 5.75 Å². The van der Waals surface area contributed by atoms with Crippen LogP contribution in [0.15, 0.2) is 48.5 Å². The molecule has 128 valence electrons. The SMILES string of the molecule is CCCCCCCCOc1ccc(-c2ccc([N+](=O)[O-])cc2)cc1. The highest BCUT2D eigenvalue weighted by molar-refractivity contribution is 5.65. The van der Waals surface area contributed by atoms with Gasteiger partial charge in [-0.15, -0.1) is 0 Å². The van der Waals surface area contributed by atoms with Crippen molar-refractivity contribution in [2.75, 3.05) is 6.61 Å². The van der Waals surface area contributed by atoms with E-state index in [1.165, 1.54) is 44.2 Å². The molecule has 4 nitrogen and oxygen atoms in total. The number of hydrogen-bond acceptors (Lipinski definition) is 3. The van der Waals surface area contributed by atoms with E-state index in [1.807, 2.05) is 24.3 Å². The molecule has 0 radical (unpaired) electrons. The van der Waals surface area contributed by atoms with E-state index in [9.17, 15) is 10.1 Å². The second-order valence-corrected chi connectivity index (χ2v) is 5.94. The van der Waals surface area contributed by atoms with Crippen molar-refractivity contribution >= 4 is 5.69 Å². The maximum Gasteiger partial charge on any atom is 0.269 e. The Labute approximate surface area is 143 Å². The van der Waals surface area contributed by atoms with Crippen molar-refractivity contribution in [1.29, 1.82) is 0 Å². The molecule has 0 unspecified atom stereocenters. The van der Waals surface area contributed by atoms with Crippen LogP contribution in [0.3, 0.4) is 0 Å². The minimum absolute atomic E-state index is 0.109. The van der Waals surface area contributed by atoms with E-state index < -0.39 is 0 Å². The summed E-state index contributed by atoms with van der Waals surface area (Å²) in [6, 6.07) is 14.5. The molecule has 0 bridgehead atoms. The average molecular weight is 327 g/mol. The molecular weight excluding hydrogens is 302 g/mol. The molecule has 2 rings (SSSR count). The first-order valence-electron chi connectivity index (χ1n) is 8.68. The molecule has 0 aliphatic heterocycles.